The number of benzene rings is 1. The number of nitrogens with zero attached hydrogens (tertiary/aromatic N) is 2. The first-order chi connectivity index (χ1) is 9.83. The van der Waals surface area contributed by atoms with Crippen LogP contribution in [0.5, 0.6) is 11.5 Å². The Hall–Kier alpha value is -1.75. The molecular formula is C15H21N3O2. The number of fused-ring (bicyclic) bond motifs is 1. The summed E-state index contributed by atoms with van der Waals surface area (Å²) in [5.74, 6) is 2.04. The predicted molar refractivity (Wildman–Crippen MR) is 78.5 cm³/mol. The van der Waals surface area contributed by atoms with Crippen molar-refractivity contribution in [2.75, 3.05) is 32.8 Å². The van der Waals surface area contributed by atoms with Crippen LogP contribution in [0.4, 0.5) is 0 Å². The fourth-order valence-electron chi connectivity index (χ4n) is 2.59. The Morgan fingerprint density at radius 1 is 1.25 bits per heavy atom. The van der Waals surface area contributed by atoms with Gasteiger partial charge in [-0.3, -0.25) is 4.99 Å². The number of aliphatic imine (C=N–C) groups is 1. The van der Waals surface area contributed by atoms with E-state index in [4.69, 9.17) is 15.2 Å². The fourth-order valence-corrected chi connectivity index (χ4v) is 2.59. The van der Waals surface area contributed by atoms with Crippen molar-refractivity contribution in [3.8, 4) is 11.5 Å². The molecular weight excluding hydrogens is 254 g/mol. The van der Waals surface area contributed by atoms with E-state index in [0.29, 0.717) is 12.4 Å². The Kier molecular flexibility index (Phi) is 4.06. The molecule has 20 heavy (non-hydrogen) atoms. The molecule has 1 aromatic rings. The van der Waals surface area contributed by atoms with Crippen molar-refractivity contribution >= 4 is 5.84 Å². The number of para-hydroxylation sites is 2. The van der Waals surface area contributed by atoms with Gasteiger partial charge in [-0.1, -0.05) is 12.1 Å². The minimum atomic E-state index is -0.275. The van der Waals surface area contributed by atoms with Gasteiger partial charge in [-0.25, -0.2) is 0 Å². The lowest BCUT2D eigenvalue weighted by Gasteiger charge is -2.26. The number of hydrogen-bond donors (Lipinski definition) is 1. The van der Waals surface area contributed by atoms with Crippen LogP contribution in [0, 0.1) is 0 Å². The van der Waals surface area contributed by atoms with Crippen molar-refractivity contribution in [3.05, 3.63) is 24.3 Å². The first kappa shape index (κ1) is 13.2. The molecule has 0 radical (unpaired) electrons. The minimum absolute atomic E-state index is 0.275. The minimum Gasteiger partial charge on any atom is -0.485 e. The van der Waals surface area contributed by atoms with E-state index < -0.39 is 0 Å². The van der Waals surface area contributed by atoms with Crippen LogP contribution >= 0.6 is 0 Å². The average Bonchev–Trinajstić information content (AvgIpc) is 3.00. The Morgan fingerprint density at radius 2 is 2.00 bits per heavy atom. The summed E-state index contributed by atoms with van der Waals surface area (Å²) >= 11 is 0. The molecule has 0 spiro atoms. The Balaban J connectivity index is 1.53. The molecule has 2 heterocycles. The molecule has 2 aliphatic heterocycles. The maximum absolute atomic E-state index is 6.02. The third-order valence-corrected chi connectivity index (χ3v) is 3.75. The Morgan fingerprint density at radius 3 is 2.80 bits per heavy atom. The maximum atomic E-state index is 6.02. The van der Waals surface area contributed by atoms with E-state index in [-0.39, 0.29) is 6.10 Å². The van der Waals surface area contributed by atoms with Gasteiger partial charge in [0.05, 0.1) is 6.54 Å². The quantitative estimate of drug-likeness (QED) is 0.664. The highest BCUT2D eigenvalue weighted by molar-refractivity contribution is 5.85. The van der Waals surface area contributed by atoms with Gasteiger partial charge < -0.3 is 20.1 Å². The SMILES string of the molecule is NC(=NCCN1CCCC1)C1COc2ccccc2O1. The molecule has 1 fully saturated rings. The summed E-state index contributed by atoms with van der Waals surface area (Å²) in [4.78, 5) is 6.85. The van der Waals surface area contributed by atoms with E-state index in [1.807, 2.05) is 24.3 Å². The summed E-state index contributed by atoms with van der Waals surface area (Å²) in [5, 5.41) is 0. The van der Waals surface area contributed by atoms with Gasteiger partial charge in [0.15, 0.2) is 17.6 Å². The van der Waals surface area contributed by atoms with Gasteiger partial charge in [-0.05, 0) is 38.1 Å². The zero-order valence-electron chi connectivity index (χ0n) is 11.6. The fraction of sp³-hybridized carbons (Fsp3) is 0.533. The molecule has 2 N–H and O–H groups in total. The number of amidine groups is 1. The predicted octanol–water partition coefficient (Wildman–Crippen LogP) is 1.28. The average molecular weight is 275 g/mol. The number of nitrogens with two attached hydrogens (primary N) is 1. The number of rotatable bonds is 4. The number of ether oxygens (including phenoxy) is 2. The monoisotopic (exact) mass is 275 g/mol. The van der Waals surface area contributed by atoms with Crippen LogP contribution in [0.2, 0.25) is 0 Å². The molecule has 1 unspecified atom stereocenters. The molecule has 0 aliphatic carbocycles. The smallest absolute Gasteiger partial charge is 0.189 e. The zero-order valence-corrected chi connectivity index (χ0v) is 11.6. The van der Waals surface area contributed by atoms with E-state index in [0.717, 1.165) is 24.6 Å². The summed E-state index contributed by atoms with van der Waals surface area (Å²) in [6.07, 6.45) is 2.33. The van der Waals surface area contributed by atoms with Crippen molar-refractivity contribution in [2.45, 2.75) is 18.9 Å². The van der Waals surface area contributed by atoms with Crippen LogP contribution in [0.25, 0.3) is 0 Å². The molecule has 1 saturated heterocycles. The number of hydrogen-bond acceptors (Lipinski definition) is 4. The second kappa shape index (κ2) is 6.13. The van der Waals surface area contributed by atoms with Gasteiger partial charge in [0, 0.05) is 6.54 Å². The summed E-state index contributed by atoms with van der Waals surface area (Å²) in [6, 6.07) is 7.63. The molecule has 5 nitrogen and oxygen atoms in total. The van der Waals surface area contributed by atoms with Crippen LogP contribution < -0.4 is 15.2 Å². The van der Waals surface area contributed by atoms with Crippen molar-refractivity contribution in [2.24, 2.45) is 10.7 Å². The molecule has 0 bridgehead atoms. The van der Waals surface area contributed by atoms with Gasteiger partial charge in [0.25, 0.3) is 0 Å². The largest absolute Gasteiger partial charge is 0.485 e. The van der Waals surface area contributed by atoms with Gasteiger partial charge >= 0.3 is 0 Å². The molecule has 108 valence electrons. The lowest BCUT2D eigenvalue weighted by atomic mass is 10.2. The molecule has 0 saturated carbocycles. The highest BCUT2D eigenvalue weighted by Gasteiger charge is 2.23. The van der Waals surface area contributed by atoms with Gasteiger partial charge in [0.1, 0.15) is 12.4 Å². The van der Waals surface area contributed by atoms with Gasteiger partial charge in [-0.15, -0.1) is 0 Å². The first-order valence-corrected chi connectivity index (χ1v) is 7.23. The van der Waals surface area contributed by atoms with Crippen LogP contribution in [0.1, 0.15) is 12.8 Å². The van der Waals surface area contributed by atoms with E-state index in [2.05, 4.69) is 9.89 Å². The van der Waals surface area contributed by atoms with Gasteiger partial charge in [-0.2, -0.15) is 0 Å². The summed E-state index contributed by atoms with van der Waals surface area (Å²) in [5.41, 5.74) is 6.02. The van der Waals surface area contributed by atoms with Crippen molar-refractivity contribution in [1.82, 2.24) is 4.90 Å². The third-order valence-electron chi connectivity index (χ3n) is 3.75. The van der Waals surface area contributed by atoms with E-state index in [9.17, 15) is 0 Å². The Labute approximate surface area is 119 Å². The van der Waals surface area contributed by atoms with Crippen LogP contribution in [-0.2, 0) is 0 Å². The van der Waals surface area contributed by atoms with Gasteiger partial charge in [0.2, 0.25) is 0 Å². The normalized spacial score (nSPS) is 23.0. The molecule has 1 atom stereocenters. The van der Waals surface area contributed by atoms with Crippen molar-refractivity contribution in [3.63, 3.8) is 0 Å². The topological polar surface area (TPSA) is 60.1 Å². The summed E-state index contributed by atoms with van der Waals surface area (Å²) in [7, 11) is 0. The molecule has 3 rings (SSSR count). The second-order valence-corrected chi connectivity index (χ2v) is 5.22. The molecule has 2 aliphatic rings. The zero-order chi connectivity index (χ0) is 13.8. The Bertz CT molecular complexity index is 484. The molecule has 5 heteroatoms. The maximum Gasteiger partial charge on any atom is 0.189 e. The molecule has 0 amide bonds. The van der Waals surface area contributed by atoms with Crippen LogP contribution in [0.15, 0.2) is 29.3 Å². The van der Waals surface area contributed by atoms with Crippen LogP contribution in [0.3, 0.4) is 0 Å². The lowest BCUT2D eigenvalue weighted by molar-refractivity contribution is 0.134. The highest BCUT2D eigenvalue weighted by Crippen LogP contribution is 2.30. The highest BCUT2D eigenvalue weighted by atomic mass is 16.6. The number of likely N-dealkylation sites (tertiary alicyclic amines) is 1. The first-order valence-electron chi connectivity index (χ1n) is 7.23. The standard InChI is InChI=1S/C15H21N3O2/c16-15(17-7-10-18-8-3-4-9-18)14-11-19-12-5-1-2-6-13(12)20-14/h1-2,5-6,14H,3-4,7-11H2,(H2,16,17). The molecule has 0 aromatic heterocycles. The van der Waals surface area contributed by atoms with E-state index in [1.54, 1.807) is 0 Å². The summed E-state index contributed by atoms with van der Waals surface area (Å²) in [6.45, 7) is 4.51. The van der Waals surface area contributed by atoms with Crippen LogP contribution in [-0.4, -0.2) is 49.6 Å². The second-order valence-electron chi connectivity index (χ2n) is 5.22. The third kappa shape index (κ3) is 3.04. The summed E-state index contributed by atoms with van der Waals surface area (Å²) < 4.78 is 11.5. The van der Waals surface area contributed by atoms with Crippen molar-refractivity contribution in [1.29, 1.82) is 0 Å². The van der Waals surface area contributed by atoms with E-state index in [1.165, 1.54) is 25.9 Å². The lowest BCUT2D eigenvalue weighted by Crippen LogP contribution is -2.41. The molecule has 1 aromatic carbocycles. The van der Waals surface area contributed by atoms with Crippen molar-refractivity contribution < 1.29 is 9.47 Å². The van der Waals surface area contributed by atoms with E-state index >= 15 is 0 Å².